The van der Waals surface area contributed by atoms with Crippen molar-refractivity contribution in [3.63, 3.8) is 0 Å². The molecule has 0 fully saturated rings. The van der Waals surface area contributed by atoms with Gasteiger partial charge in [-0.1, -0.05) is 11.3 Å². The molecule has 1 N–H and O–H groups in total. The summed E-state index contributed by atoms with van der Waals surface area (Å²) < 4.78 is 9.99. The summed E-state index contributed by atoms with van der Waals surface area (Å²) in [5.41, 5.74) is 0.559. The molecule has 0 aliphatic rings. The summed E-state index contributed by atoms with van der Waals surface area (Å²) in [6, 6.07) is 0. The summed E-state index contributed by atoms with van der Waals surface area (Å²) in [7, 11) is 0. The topological polar surface area (TPSA) is 77.5 Å². The van der Waals surface area contributed by atoms with Crippen LogP contribution < -0.4 is 5.32 Å². The quantitative estimate of drug-likeness (QED) is 0.612. The standard InChI is InChI=1S/C12H18N2O4S/c1-4-17-7-6-9(15)14-12-13-8(3)10(19-12)11(16)18-5-2/h4-7H2,1-3H3,(H,13,14,15). The highest BCUT2D eigenvalue weighted by Gasteiger charge is 2.17. The van der Waals surface area contributed by atoms with Crippen molar-refractivity contribution in [2.75, 3.05) is 25.1 Å². The zero-order valence-electron chi connectivity index (χ0n) is 11.3. The zero-order chi connectivity index (χ0) is 14.3. The average molecular weight is 286 g/mol. The Hall–Kier alpha value is -1.47. The molecule has 7 heteroatoms. The van der Waals surface area contributed by atoms with E-state index in [1.807, 2.05) is 6.92 Å². The first-order valence-electron chi connectivity index (χ1n) is 6.10. The number of hydrogen-bond donors (Lipinski definition) is 1. The monoisotopic (exact) mass is 286 g/mol. The van der Waals surface area contributed by atoms with E-state index in [9.17, 15) is 9.59 Å². The number of carbonyl (C=O) groups is 2. The minimum atomic E-state index is -0.410. The number of nitrogens with zero attached hydrogens (tertiary/aromatic N) is 1. The van der Waals surface area contributed by atoms with Gasteiger partial charge in [-0.15, -0.1) is 0 Å². The van der Waals surface area contributed by atoms with Crippen molar-refractivity contribution in [1.29, 1.82) is 0 Å². The van der Waals surface area contributed by atoms with Crippen LogP contribution >= 0.6 is 11.3 Å². The number of aromatic nitrogens is 1. The van der Waals surface area contributed by atoms with Crippen molar-refractivity contribution in [1.82, 2.24) is 4.98 Å². The molecule has 19 heavy (non-hydrogen) atoms. The molecule has 0 unspecified atom stereocenters. The van der Waals surface area contributed by atoms with Gasteiger partial charge in [0.1, 0.15) is 4.88 Å². The number of aryl methyl sites for hydroxylation is 1. The molecule has 0 saturated heterocycles. The zero-order valence-corrected chi connectivity index (χ0v) is 12.1. The number of thiazole rings is 1. The van der Waals surface area contributed by atoms with Gasteiger partial charge in [0.15, 0.2) is 5.13 Å². The van der Waals surface area contributed by atoms with Crippen molar-refractivity contribution >= 4 is 28.3 Å². The number of rotatable bonds is 7. The van der Waals surface area contributed by atoms with Gasteiger partial charge in [0.25, 0.3) is 0 Å². The van der Waals surface area contributed by atoms with Crippen LogP contribution in [0.4, 0.5) is 5.13 Å². The lowest BCUT2D eigenvalue weighted by molar-refractivity contribution is -0.117. The van der Waals surface area contributed by atoms with Crippen LogP contribution in [0.5, 0.6) is 0 Å². The first-order chi connectivity index (χ1) is 9.08. The number of anilines is 1. The molecule has 1 rings (SSSR count). The Kier molecular flexibility index (Phi) is 6.44. The van der Waals surface area contributed by atoms with E-state index in [1.165, 1.54) is 0 Å². The predicted octanol–water partition coefficient (Wildman–Crippen LogP) is 1.99. The highest BCUT2D eigenvalue weighted by Crippen LogP contribution is 2.23. The Labute approximate surface area is 116 Å². The second kappa shape index (κ2) is 7.85. The van der Waals surface area contributed by atoms with Crippen LogP contribution in [-0.2, 0) is 14.3 Å². The molecule has 1 heterocycles. The van der Waals surface area contributed by atoms with Gasteiger partial charge in [0.2, 0.25) is 5.91 Å². The van der Waals surface area contributed by atoms with Gasteiger partial charge in [-0.25, -0.2) is 9.78 Å². The molecule has 0 aliphatic heterocycles. The lowest BCUT2D eigenvalue weighted by atomic mass is 10.4. The van der Waals surface area contributed by atoms with Crippen LogP contribution in [0.2, 0.25) is 0 Å². The average Bonchev–Trinajstić information content (AvgIpc) is 2.71. The summed E-state index contributed by atoms with van der Waals surface area (Å²) in [6.07, 6.45) is 0.265. The third-order valence-corrected chi connectivity index (χ3v) is 3.23. The maximum Gasteiger partial charge on any atom is 0.350 e. The van der Waals surface area contributed by atoms with Gasteiger partial charge in [-0.3, -0.25) is 4.79 Å². The number of carbonyl (C=O) groups excluding carboxylic acids is 2. The van der Waals surface area contributed by atoms with E-state index in [0.29, 0.717) is 35.5 Å². The van der Waals surface area contributed by atoms with Crippen LogP contribution in [0.25, 0.3) is 0 Å². The summed E-state index contributed by atoms with van der Waals surface area (Å²) >= 11 is 1.12. The van der Waals surface area contributed by atoms with Gasteiger partial charge in [-0.2, -0.15) is 0 Å². The molecule has 0 atom stereocenters. The van der Waals surface area contributed by atoms with E-state index in [1.54, 1.807) is 13.8 Å². The Bertz CT molecular complexity index is 445. The van der Waals surface area contributed by atoms with Gasteiger partial charge in [0.05, 0.1) is 25.3 Å². The molecule has 0 aliphatic carbocycles. The molecule has 1 aromatic heterocycles. The predicted molar refractivity (Wildman–Crippen MR) is 72.5 cm³/mol. The molecule has 0 aromatic carbocycles. The van der Waals surface area contributed by atoms with Crippen molar-refractivity contribution in [3.05, 3.63) is 10.6 Å². The molecule has 1 aromatic rings. The maximum absolute atomic E-state index is 11.6. The van der Waals surface area contributed by atoms with E-state index in [4.69, 9.17) is 9.47 Å². The second-order valence-corrected chi connectivity index (χ2v) is 4.65. The van der Waals surface area contributed by atoms with Gasteiger partial charge < -0.3 is 14.8 Å². The summed E-state index contributed by atoms with van der Waals surface area (Å²) in [5.74, 6) is -0.593. The molecule has 0 radical (unpaired) electrons. The Morgan fingerprint density at radius 1 is 1.32 bits per heavy atom. The number of amides is 1. The summed E-state index contributed by atoms with van der Waals surface area (Å²) in [4.78, 5) is 27.7. The molecule has 0 saturated carbocycles. The molecule has 0 spiro atoms. The third-order valence-electron chi connectivity index (χ3n) is 2.18. The first kappa shape index (κ1) is 15.6. The lowest BCUT2D eigenvalue weighted by Gasteiger charge is -2.01. The molecule has 1 amide bonds. The van der Waals surface area contributed by atoms with Crippen LogP contribution in [0, 0.1) is 6.92 Å². The molecular formula is C12H18N2O4S. The molecule has 6 nitrogen and oxygen atoms in total. The maximum atomic E-state index is 11.6. The number of hydrogen-bond acceptors (Lipinski definition) is 6. The minimum Gasteiger partial charge on any atom is -0.462 e. The smallest absolute Gasteiger partial charge is 0.350 e. The Morgan fingerprint density at radius 2 is 2.05 bits per heavy atom. The van der Waals surface area contributed by atoms with Crippen LogP contribution in [-0.4, -0.2) is 36.7 Å². The van der Waals surface area contributed by atoms with E-state index >= 15 is 0 Å². The summed E-state index contributed by atoms with van der Waals surface area (Å²) in [6.45, 7) is 6.58. The Morgan fingerprint density at radius 3 is 2.68 bits per heavy atom. The lowest BCUT2D eigenvalue weighted by Crippen LogP contribution is -2.13. The van der Waals surface area contributed by atoms with Gasteiger partial charge in [-0.05, 0) is 20.8 Å². The number of esters is 1. The van der Waals surface area contributed by atoms with Crippen molar-refractivity contribution in [2.24, 2.45) is 0 Å². The SMILES string of the molecule is CCOCCC(=O)Nc1nc(C)c(C(=O)OCC)s1. The largest absolute Gasteiger partial charge is 0.462 e. The van der Waals surface area contributed by atoms with Crippen LogP contribution in [0.1, 0.15) is 35.6 Å². The highest BCUT2D eigenvalue weighted by atomic mass is 32.1. The van der Waals surface area contributed by atoms with Crippen molar-refractivity contribution < 1.29 is 19.1 Å². The van der Waals surface area contributed by atoms with Crippen LogP contribution in [0.3, 0.4) is 0 Å². The molecule has 106 valence electrons. The van der Waals surface area contributed by atoms with E-state index < -0.39 is 5.97 Å². The third kappa shape index (κ3) is 4.96. The fourth-order valence-corrected chi connectivity index (χ4v) is 2.20. The number of nitrogens with one attached hydrogen (secondary N) is 1. The molecule has 0 bridgehead atoms. The van der Waals surface area contributed by atoms with Crippen molar-refractivity contribution in [2.45, 2.75) is 27.2 Å². The van der Waals surface area contributed by atoms with E-state index in [0.717, 1.165) is 11.3 Å². The first-order valence-corrected chi connectivity index (χ1v) is 6.92. The summed E-state index contributed by atoms with van der Waals surface area (Å²) in [5, 5.41) is 3.04. The fraction of sp³-hybridized carbons (Fsp3) is 0.583. The van der Waals surface area contributed by atoms with Gasteiger partial charge >= 0.3 is 5.97 Å². The van der Waals surface area contributed by atoms with E-state index in [2.05, 4.69) is 10.3 Å². The van der Waals surface area contributed by atoms with Crippen molar-refractivity contribution in [3.8, 4) is 0 Å². The van der Waals surface area contributed by atoms with E-state index in [-0.39, 0.29) is 12.3 Å². The van der Waals surface area contributed by atoms with Crippen LogP contribution in [0.15, 0.2) is 0 Å². The second-order valence-electron chi connectivity index (χ2n) is 3.65. The molecular weight excluding hydrogens is 268 g/mol. The highest BCUT2D eigenvalue weighted by molar-refractivity contribution is 7.17. The van der Waals surface area contributed by atoms with Gasteiger partial charge in [0, 0.05) is 6.61 Å². The Balaban J connectivity index is 2.58. The number of ether oxygens (including phenoxy) is 2. The fourth-order valence-electron chi connectivity index (χ4n) is 1.33. The minimum absolute atomic E-state index is 0.183. The normalized spacial score (nSPS) is 10.3.